The molecule has 0 unspecified atom stereocenters. The van der Waals surface area contributed by atoms with Gasteiger partial charge in [0.25, 0.3) is 0 Å². The van der Waals surface area contributed by atoms with E-state index in [1.165, 1.54) is 0 Å². The van der Waals surface area contributed by atoms with Crippen LogP contribution in [0.5, 0.6) is 11.5 Å². The number of ether oxygens (including phenoxy) is 2. The Kier molecular flexibility index (Phi) is 4.01. The van der Waals surface area contributed by atoms with Crippen molar-refractivity contribution in [2.24, 2.45) is 0 Å². The molecule has 1 aromatic heterocycles. The molecular weight excluding hydrogens is 274 g/mol. The van der Waals surface area contributed by atoms with Crippen molar-refractivity contribution in [1.82, 2.24) is 9.97 Å². The summed E-state index contributed by atoms with van der Waals surface area (Å²) in [5, 5.41) is 9.01. The lowest BCUT2D eigenvalue weighted by atomic mass is 10.1. The lowest BCUT2D eigenvalue weighted by Gasteiger charge is -2.09. The normalized spacial score (nSPS) is 9.90. The molecule has 1 heterocycles. The van der Waals surface area contributed by atoms with Crippen LogP contribution in [0.25, 0.3) is 11.4 Å². The molecule has 0 radical (unpaired) electrons. The van der Waals surface area contributed by atoms with Crippen LogP contribution in [-0.4, -0.2) is 24.2 Å². The monoisotopic (exact) mass is 287 g/mol. The van der Waals surface area contributed by atoms with Crippen LogP contribution in [0.1, 0.15) is 11.3 Å². The predicted octanol–water partition coefficient (Wildman–Crippen LogP) is 3.00. The summed E-state index contributed by atoms with van der Waals surface area (Å²) < 4.78 is 10.7. The highest BCUT2D eigenvalue weighted by Gasteiger charge is 2.09. The number of aromatic amines is 1. The molecule has 102 valence electrons. The summed E-state index contributed by atoms with van der Waals surface area (Å²) in [6.07, 6.45) is 0. The van der Waals surface area contributed by atoms with E-state index in [4.69, 9.17) is 27.0 Å². The van der Waals surface area contributed by atoms with Crippen molar-refractivity contribution in [2.45, 2.75) is 6.92 Å². The third-order valence-electron chi connectivity index (χ3n) is 2.84. The molecule has 2 aromatic rings. The van der Waals surface area contributed by atoms with Gasteiger partial charge in [0.15, 0.2) is 0 Å². The Labute approximate surface area is 121 Å². The van der Waals surface area contributed by atoms with Crippen molar-refractivity contribution in [3.8, 4) is 29.0 Å². The van der Waals surface area contributed by atoms with Gasteiger partial charge < -0.3 is 14.5 Å². The van der Waals surface area contributed by atoms with Crippen molar-refractivity contribution >= 4 is 12.2 Å². The van der Waals surface area contributed by atoms with Gasteiger partial charge in [-0.2, -0.15) is 5.26 Å². The van der Waals surface area contributed by atoms with Gasteiger partial charge in [-0.05, 0) is 19.1 Å². The first kappa shape index (κ1) is 14.0. The average molecular weight is 287 g/mol. The molecule has 0 aliphatic heterocycles. The van der Waals surface area contributed by atoms with E-state index in [0.29, 0.717) is 28.6 Å². The number of hydrogen-bond acceptors (Lipinski definition) is 5. The van der Waals surface area contributed by atoms with Crippen molar-refractivity contribution in [1.29, 1.82) is 5.26 Å². The molecule has 0 aliphatic carbocycles. The highest BCUT2D eigenvalue weighted by atomic mass is 32.1. The number of rotatable bonds is 3. The number of hydrogen-bond donors (Lipinski definition) is 1. The molecule has 0 saturated heterocycles. The fraction of sp³-hybridized carbons (Fsp3) is 0.214. The molecule has 0 saturated carbocycles. The van der Waals surface area contributed by atoms with Gasteiger partial charge in [0, 0.05) is 17.3 Å². The number of aromatic nitrogens is 2. The standard InChI is InChI=1S/C14H13N3O2S/c1-8-12(7-15)14(20)17-13(16-8)9-4-10(18-2)6-11(5-9)19-3/h4-6H,1-3H3,(H,16,17,20). The fourth-order valence-electron chi connectivity index (χ4n) is 1.80. The van der Waals surface area contributed by atoms with E-state index in [9.17, 15) is 0 Å². The minimum atomic E-state index is 0.278. The summed E-state index contributed by atoms with van der Waals surface area (Å²) >= 11 is 5.13. The Bertz CT molecular complexity index is 725. The molecule has 0 spiro atoms. The summed E-state index contributed by atoms with van der Waals surface area (Å²) in [5.74, 6) is 1.88. The maximum Gasteiger partial charge on any atom is 0.148 e. The molecule has 5 nitrogen and oxygen atoms in total. The molecule has 6 heteroatoms. The van der Waals surface area contributed by atoms with E-state index in [2.05, 4.69) is 9.97 Å². The van der Waals surface area contributed by atoms with Crippen molar-refractivity contribution in [3.63, 3.8) is 0 Å². The zero-order chi connectivity index (χ0) is 14.7. The van der Waals surface area contributed by atoms with Crippen LogP contribution in [0.15, 0.2) is 18.2 Å². The summed E-state index contributed by atoms with van der Waals surface area (Å²) in [7, 11) is 3.16. The quantitative estimate of drug-likeness (QED) is 0.879. The van der Waals surface area contributed by atoms with Crippen LogP contribution in [0.2, 0.25) is 0 Å². The van der Waals surface area contributed by atoms with Gasteiger partial charge in [0.2, 0.25) is 0 Å². The number of nitrogens with one attached hydrogen (secondary N) is 1. The zero-order valence-corrected chi connectivity index (χ0v) is 12.2. The molecule has 0 atom stereocenters. The van der Waals surface area contributed by atoms with Crippen molar-refractivity contribution in [2.75, 3.05) is 14.2 Å². The summed E-state index contributed by atoms with van der Waals surface area (Å²) in [6, 6.07) is 7.45. The van der Waals surface area contributed by atoms with E-state index >= 15 is 0 Å². The van der Waals surface area contributed by atoms with Crippen molar-refractivity contribution in [3.05, 3.63) is 34.1 Å². The highest BCUT2D eigenvalue weighted by molar-refractivity contribution is 7.71. The number of H-pyrrole nitrogens is 1. The Morgan fingerprint density at radius 3 is 2.25 bits per heavy atom. The topological polar surface area (TPSA) is 70.9 Å². The van der Waals surface area contributed by atoms with Crippen LogP contribution in [0.3, 0.4) is 0 Å². The van der Waals surface area contributed by atoms with Gasteiger partial charge in [-0.3, -0.25) is 0 Å². The molecule has 0 amide bonds. The molecule has 0 bridgehead atoms. The number of aryl methyl sites for hydroxylation is 1. The fourth-order valence-corrected chi connectivity index (χ4v) is 2.09. The van der Waals surface area contributed by atoms with Gasteiger partial charge in [-0.25, -0.2) is 4.98 Å². The molecule has 0 fully saturated rings. The smallest absolute Gasteiger partial charge is 0.148 e. The van der Waals surface area contributed by atoms with Gasteiger partial charge in [0.1, 0.15) is 33.6 Å². The summed E-state index contributed by atoms with van der Waals surface area (Å²) in [6.45, 7) is 1.79. The second-order valence-electron chi connectivity index (χ2n) is 4.10. The lowest BCUT2D eigenvalue weighted by Crippen LogP contribution is -1.98. The molecule has 2 rings (SSSR count). The molecule has 1 N–H and O–H groups in total. The largest absolute Gasteiger partial charge is 0.497 e. The maximum atomic E-state index is 9.01. The Balaban J connectivity index is 2.63. The molecular formula is C14H13N3O2S. The Morgan fingerprint density at radius 2 is 1.80 bits per heavy atom. The van der Waals surface area contributed by atoms with Gasteiger partial charge in [-0.15, -0.1) is 0 Å². The number of nitrogens with zero attached hydrogens (tertiary/aromatic N) is 2. The molecule has 20 heavy (non-hydrogen) atoms. The number of methoxy groups -OCH3 is 2. The van der Waals surface area contributed by atoms with Crippen molar-refractivity contribution < 1.29 is 9.47 Å². The first-order chi connectivity index (χ1) is 9.58. The molecule has 0 aliphatic rings. The summed E-state index contributed by atoms with van der Waals surface area (Å²) in [5.41, 5.74) is 1.85. The minimum absolute atomic E-state index is 0.278. The second-order valence-corrected chi connectivity index (χ2v) is 4.49. The second kappa shape index (κ2) is 5.72. The third kappa shape index (κ3) is 2.63. The van der Waals surface area contributed by atoms with E-state index in [1.807, 2.05) is 18.2 Å². The molecule has 1 aromatic carbocycles. The third-order valence-corrected chi connectivity index (χ3v) is 3.14. The predicted molar refractivity (Wildman–Crippen MR) is 77.4 cm³/mol. The Hall–Kier alpha value is -2.39. The van der Waals surface area contributed by atoms with E-state index in [0.717, 1.165) is 5.56 Å². The first-order valence-electron chi connectivity index (χ1n) is 5.83. The van der Waals surface area contributed by atoms with E-state index in [1.54, 1.807) is 27.2 Å². The Morgan fingerprint density at radius 1 is 1.20 bits per heavy atom. The minimum Gasteiger partial charge on any atom is -0.497 e. The van der Waals surface area contributed by atoms with E-state index in [-0.39, 0.29) is 4.64 Å². The van der Waals surface area contributed by atoms with Crippen LogP contribution < -0.4 is 9.47 Å². The average Bonchev–Trinajstić information content (AvgIpc) is 2.46. The van der Waals surface area contributed by atoms with E-state index < -0.39 is 0 Å². The van der Waals surface area contributed by atoms with Gasteiger partial charge >= 0.3 is 0 Å². The lowest BCUT2D eigenvalue weighted by molar-refractivity contribution is 0.394. The zero-order valence-electron chi connectivity index (χ0n) is 11.4. The van der Waals surface area contributed by atoms with Crippen LogP contribution in [0, 0.1) is 22.9 Å². The summed E-state index contributed by atoms with van der Waals surface area (Å²) in [4.78, 5) is 7.33. The van der Waals surface area contributed by atoms with Crippen LogP contribution >= 0.6 is 12.2 Å². The SMILES string of the molecule is COc1cc(OC)cc(-c2nc(=S)c(C#N)c(C)[nH]2)c1. The van der Waals surface area contributed by atoms with Gasteiger partial charge in [0.05, 0.1) is 14.2 Å². The first-order valence-corrected chi connectivity index (χ1v) is 6.24. The maximum absolute atomic E-state index is 9.01. The number of benzene rings is 1. The van der Waals surface area contributed by atoms with Crippen LogP contribution in [0.4, 0.5) is 0 Å². The van der Waals surface area contributed by atoms with Crippen LogP contribution in [-0.2, 0) is 0 Å². The van der Waals surface area contributed by atoms with Gasteiger partial charge in [-0.1, -0.05) is 12.2 Å². The number of nitriles is 1. The highest BCUT2D eigenvalue weighted by Crippen LogP contribution is 2.28.